The number of anilines is 1. The molecular weight excluding hydrogens is 212 g/mol. The quantitative estimate of drug-likeness (QED) is 0.740. The highest BCUT2D eigenvalue weighted by Gasteiger charge is 2.24. The molecule has 1 fully saturated rings. The van der Waals surface area contributed by atoms with Gasteiger partial charge in [0, 0.05) is 31.4 Å². The van der Waals surface area contributed by atoms with Gasteiger partial charge in [-0.1, -0.05) is 18.6 Å². The van der Waals surface area contributed by atoms with E-state index in [-0.39, 0.29) is 6.61 Å². The molecule has 0 atom stereocenters. The minimum Gasteiger partial charge on any atom is -0.399 e. The second-order valence-corrected chi connectivity index (χ2v) is 4.88. The molecule has 0 radical (unpaired) electrons. The van der Waals surface area contributed by atoms with E-state index in [1.807, 2.05) is 18.2 Å². The summed E-state index contributed by atoms with van der Waals surface area (Å²) in [5.74, 6) is 0. The van der Waals surface area contributed by atoms with Crippen LogP contribution < -0.4 is 5.73 Å². The number of benzene rings is 1. The number of aliphatic hydroxyl groups excluding tert-OH is 1. The normalized spacial score (nSPS) is 16.1. The lowest BCUT2D eigenvalue weighted by atomic mass is 9.91. The van der Waals surface area contributed by atoms with Crippen molar-refractivity contribution in [2.24, 2.45) is 0 Å². The lowest BCUT2D eigenvalue weighted by molar-refractivity contribution is 0.109. The summed E-state index contributed by atoms with van der Waals surface area (Å²) in [6.07, 6.45) is 4.80. The zero-order valence-corrected chi connectivity index (χ0v) is 10.3. The zero-order chi connectivity index (χ0) is 12.1. The van der Waals surface area contributed by atoms with E-state index in [1.54, 1.807) is 0 Å². The van der Waals surface area contributed by atoms with Gasteiger partial charge in [-0.15, -0.1) is 0 Å². The van der Waals surface area contributed by atoms with Gasteiger partial charge in [0.2, 0.25) is 0 Å². The van der Waals surface area contributed by atoms with E-state index in [0.29, 0.717) is 6.04 Å². The van der Waals surface area contributed by atoms with Crippen molar-refractivity contribution < 1.29 is 5.11 Å². The van der Waals surface area contributed by atoms with Crippen molar-refractivity contribution in [1.29, 1.82) is 0 Å². The Kier molecular flexibility index (Phi) is 4.40. The monoisotopic (exact) mass is 234 g/mol. The first-order chi connectivity index (χ1) is 8.29. The average Bonchev–Trinajstić information content (AvgIpc) is 2.23. The standard InChI is InChI=1S/C14H22N2O/c15-13-5-1-4-12(10-13)11-16(8-3-9-17)14-6-2-7-14/h1,4-5,10,14,17H,2-3,6-9,11,15H2. The first-order valence-electron chi connectivity index (χ1n) is 6.49. The lowest BCUT2D eigenvalue weighted by Gasteiger charge is -2.37. The zero-order valence-electron chi connectivity index (χ0n) is 10.3. The first kappa shape index (κ1) is 12.4. The van der Waals surface area contributed by atoms with Crippen molar-refractivity contribution >= 4 is 5.69 Å². The lowest BCUT2D eigenvalue weighted by Crippen LogP contribution is -2.40. The molecular formula is C14H22N2O. The Labute approximate surface area is 103 Å². The van der Waals surface area contributed by atoms with Crippen LogP contribution in [-0.2, 0) is 6.54 Å². The number of nitrogens with zero attached hydrogens (tertiary/aromatic N) is 1. The summed E-state index contributed by atoms with van der Waals surface area (Å²) in [6, 6.07) is 8.81. The average molecular weight is 234 g/mol. The summed E-state index contributed by atoms with van der Waals surface area (Å²) >= 11 is 0. The van der Waals surface area contributed by atoms with Gasteiger partial charge < -0.3 is 10.8 Å². The topological polar surface area (TPSA) is 49.5 Å². The predicted molar refractivity (Wildman–Crippen MR) is 70.6 cm³/mol. The maximum Gasteiger partial charge on any atom is 0.0443 e. The molecule has 3 N–H and O–H groups in total. The van der Waals surface area contributed by atoms with E-state index in [2.05, 4.69) is 11.0 Å². The number of aliphatic hydroxyl groups is 1. The van der Waals surface area contributed by atoms with Crippen LogP contribution in [0.5, 0.6) is 0 Å². The maximum absolute atomic E-state index is 8.95. The molecule has 1 saturated carbocycles. The highest BCUT2D eigenvalue weighted by Crippen LogP contribution is 2.26. The number of nitrogens with two attached hydrogens (primary N) is 1. The van der Waals surface area contributed by atoms with Crippen molar-refractivity contribution in [2.75, 3.05) is 18.9 Å². The van der Waals surface area contributed by atoms with Crippen LogP contribution in [0.4, 0.5) is 5.69 Å². The summed E-state index contributed by atoms with van der Waals surface area (Å²) in [4.78, 5) is 2.48. The van der Waals surface area contributed by atoms with E-state index in [4.69, 9.17) is 10.8 Å². The second-order valence-electron chi connectivity index (χ2n) is 4.88. The van der Waals surface area contributed by atoms with Crippen LogP contribution in [-0.4, -0.2) is 29.2 Å². The molecule has 1 aromatic carbocycles. The molecule has 2 rings (SSSR count). The molecule has 3 nitrogen and oxygen atoms in total. The van der Waals surface area contributed by atoms with Gasteiger partial charge in [0.05, 0.1) is 0 Å². The van der Waals surface area contributed by atoms with Crippen molar-refractivity contribution in [3.05, 3.63) is 29.8 Å². The van der Waals surface area contributed by atoms with Crippen LogP contribution in [0.1, 0.15) is 31.2 Å². The Morgan fingerprint density at radius 2 is 2.18 bits per heavy atom. The number of hydrogen-bond acceptors (Lipinski definition) is 3. The third-order valence-electron chi connectivity index (χ3n) is 3.53. The number of hydrogen-bond donors (Lipinski definition) is 2. The molecule has 0 saturated heterocycles. The first-order valence-corrected chi connectivity index (χ1v) is 6.49. The van der Waals surface area contributed by atoms with Gasteiger partial charge in [-0.25, -0.2) is 0 Å². The van der Waals surface area contributed by atoms with Gasteiger partial charge in [-0.05, 0) is 37.0 Å². The smallest absolute Gasteiger partial charge is 0.0443 e. The summed E-state index contributed by atoms with van der Waals surface area (Å²) < 4.78 is 0. The van der Waals surface area contributed by atoms with Crippen LogP contribution in [0.15, 0.2) is 24.3 Å². The molecule has 0 aromatic heterocycles. The fourth-order valence-electron chi connectivity index (χ4n) is 2.34. The largest absolute Gasteiger partial charge is 0.399 e. The minimum atomic E-state index is 0.278. The van der Waals surface area contributed by atoms with E-state index in [0.717, 1.165) is 25.2 Å². The fourth-order valence-corrected chi connectivity index (χ4v) is 2.34. The third kappa shape index (κ3) is 3.45. The van der Waals surface area contributed by atoms with Gasteiger partial charge in [-0.2, -0.15) is 0 Å². The minimum absolute atomic E-state index is 0.278. The van der Waals surface area contributed by atoms with Crippen molar-refractivity contribution in [3.8, 4) is 0 Å². The van der Waals surface area contributed by atoms with Gasteiger partial charge in [0.1, 0.15) is 0 Å². The molecule has 1 aliphatic rings. The Hall–Kier alpha value is -1.06. The second kappa shape index (κ2) is 6.03. The molecule has 0 spiro atoms. The van der Waals surface area contributed by atoms with Crippen LogP contribution in [0.25, 0.3) is 0 Å². The van der Waals surface area contributed by atoms with Gasteiger partial charge >= 0.3 is 0 Å². The predicted octanol–water partition coefficient (Wildman–Crippen LogP) is 2.01. The molecule has 0 aliphatic heterocycles. The highest BCUT2D eigenvalue weighted by atomic mass is 16.3. The van der Waals surface area contributed by atoms with Gasteiger partial charge in [0.15, 0.2) is 0 Å². The third-order valence-corrected chi connectivity index (χ3v) is 3.53. The summed E-state index contributed by atoms with van der Waals surface area (Å²) in [6.45, 7) is 2.21. The van der Waals surface area contributed by atoms with Crippen LogP contribution in [0.2, 0.25) is 0 Å². The SMILES string of the molecule is Nc1cccc(CN(CCCO)C2CCC2)c1. The van der Waals surface area contributed by atoms with E-state index in [1.165, 1.54) is 24.8 Å². The van der Waals surface area contributed by atoms with E-state index < -0.39 is 0 Å². The Balaban J connectivity index is 1.95. The van der Waals surface area contributed by atoms with Gasteiger partial charge in [0.25, 0.3) is 0 Å². The molecule has 0 heterocycles. The van der Waals surface area contributed by atoms with E-state index in [9.17, 15) is 0 Å². The van der Waals surface area contributed by atoms with Crippen molar-refractivity contribution in [3.63, 3.8) is 0 Å². The Bertz CT molecular complexity index is 350. The number of rotatable bonds is 6. The van der Waals surface area contributed by atoms with Crippen LogP contribution in [0.3, 0.4) is 0 Å². The van der Waals surface area contributed by atoms with E-state index >= 15 is 0 Å². The molecule has 3 heteroatoms. The van der Waals surface area contributed by atoms with Crippen molar-refractivity contribution in [1.82, 2.24) is 4.90 Å². The Morgan fingerprint density at radius 1 is 1.35 bits per heavy atom. The molecule has 0 bridgehead atoms. The van der Waals surface area contributed by atoms with Crippen LogP contribution >= 0.6 is 0 Å². The summed E-state index contributed by atoms with van der Waals surface area (Å²) in [5, 5.41) is 8.95. The molecule has 1 aromatic rings. The highest BCUT2D eigenvalue weighted by molar-refractivity contribution is 5.40. The molecule has 17 heavy (non-hydrogen) atoms. The summed E-state index contributed by atoms with van der Waals surface area (Å²) in [5.41, 5.74) is 7.90. The molecule has 0 unspecified atom stereocenters. The van der Waals surface area contributed by atoms with Gasteiger partial charge in [-0.3, -0.25) is 4.90 Å². The molecule has 1 aliphatic carbocycles. The maximum atomic E-state index is 8.95. The molecule has 0 amide bonds. The van der Waals surface area contributed by atoms with Crippen molar-refractivity contribution in [2.45, 2.75) is 38.3 Å². The van der Waals surface area contributed by atoms with Crippen LogP contribution in [0, 0.1) is 0 Å². The fraction of sp³-hybridized carbons (Fsp3) is 0.571. The summed E-state index contributed by atoms with van der Waals surface area (Å²) in [7, 11) is 0. The molecule has 94 valence electrons. The number of nitrogen functional groups attached to an aromatic ring is 1. The Morgan fingerprint density at radius 3 is 2.76 bits per heavy atom.